The molecule has 0 bridgehead atoms. The van der Waals surface area contributed by atoms with Crippen LogP contribution in [0, 0.1) is 10.1 Å². The van der Waals surface area contributed by atoms with E-state index in [-0.39, 0.29) is 17.2 Å². The first-order chi connectivity index (χ1) is 16.8. The molecule has 0 aliphatic carbocycles. The monoisotopic (exact) mass is 477 g/mol. The molecule has 0 aliphatic rings. The standard InChI is InChI=1S/C25H27N5O5/c1-16(2)13-20(17-8-10-18(33-5)11-9-17)29(15-19-7-6-12-34-19)21-14-22(28(3)4)25(30(31)32)24-23(21)26-35-27-24/h6-12,14,20H,1,13,15H2,2-5H3. The molecule has 35 heavy (non-hydrogen) atoms. The van der Waals surface area contributed by atoms with Crippen LogP contribution in [0.15, 0.2) is 69.9 Å². The van der Waals surface area contributed by atoms with Gasteiger partial charge in [0.1, 0.15) is 17.2 Å². The molecule has 0 saturated carbocycles. The van der Waals surface area contributed by atoms with Crippen LogP contribution >= 0.6 is 0 Å². The number of nitro benzene ring substituents is 1. The van der Waals surface area contributed by atoms with Crippen LogP contribution in [0.1, 0.15) is 30.7 Å². The summed E-state index contributed by atoms with van der Waals surface area (Å²) in [6, 6.07) is 13.1. The Bertz CT molecular complexity index is 1330. The van der Waals surface area contributed by atoms with Crippen molar-refractivity contribution in [1.82, 2.24) is 10.3 Å². The first-order valence-corrected chi connectivity index (χ1v) is 11.0. The van der Waals surface area contributed by atoms with E-state index in [4.69, 9.17) is 13.8 Å². The predicted molar refractivity (Wildman–Crippen MR) is 133 cm³/mol. The summed E-state index contributed by atoms with van der Waals surface area (Å²) in [5.41, 5.74) is 3.23. The van der Waals surface area contributed by atoms with Gasteiger partial charge in [-0.3, -0.25) is 10.1 Å². The van der Waals surface area contributed by atoms with E-state index in [2.05, 4.69) is 21.8 Å². The Morgan fingerprint density at radius 3 is 2.46 bits per heavy atom. The second kappa shape index (κ2) is 9.88. The Hall–Kier alpha value is -4.34. The Morgan fingerprint density at radius 1 is 1.17 bits per heavy atom. The number of nitrogens with zero attached hydrogens (tertiary/aromatic N) is 5. The van der Waals surface area contributed by atoms with Gasteiger partial charge in [0.25, 0.3) is 0 Å². The van der Waals surface area contributed by atoms with Crippen LogP contribution in [0.4, 0.5) is 17.1 Å². The molecule has 2 aromatic carbocycles. The molecule has 1 atom stereocenters. The van der Waals surface area contributed by atoms with Crippen molar-refractivity contribution in [3.8, 4) is 5.75 Å². The van der Waals surface area contributed by atoms with Gasteiger partial charge in [0, 0.05) is 14.1 Å². The van der Waals surface area contributed by atoms with Gasteiger partial charge in [0.05, 0.1) is 36.6 Å². The van der Waals surface area contributed by atoms with Gasteiger partial charge >= 0.3 is 5.69 Å². The molecule has 2 heterocycles. The lowest BCUT2D eigenvalue weighted by atomic mass is 9.97. The summed E-state index contributed by atoms with van der Waals surface area (Å²) in [7, 11) is 5.12. The summed E-state index contributed by atoms with van der Waals surface area (Å²) in [6.07, 6.45) is 2.23. The fourth-order valence-corrected chi connectivity index (χ4v) is 4.14. The van der Waals surface area contributed by atoms with Crippen molar-refractivity contribution < 1.29 is 18.7 Å². The van der Waals surface area contributed by atoms with Crippen LogP contribution in [0.2, 0.25) is 0 Å². The highest BCUT2D eigenvalue weighted by molar-refractivity contribution is 6.00. The minimum atomic E-state index is -0.461. The van der Waals surface area contributed by atoms with Crippen LogP contribution in [0.5, 0.6) is 5.75 Å². The van der Waals surface area contributed by atoms with Crippen LogP contribution in [-0.4, -0.2) is 36.4 Å². The normalized spacial score (nSPS) is 11.9. The highest BCUT2D eigenvalue weighted by atomic mass is 16.6. The quantitative estimate of drug-likeness (QED) is 0.166. The molecule has 2 aromatic heterocycles. The summed E-state index contributed by atoms with van der Waals surface area (Å²) in [4.78, 5) is 15.3. The second-order valence-corrected chi connectivity index (χ2v) is 8.53. The van der Waals surface area contributed by atoms with Crippen LogP contribution in [0.3, 0.4) is 0 Å². The Morgan fingerprint density at radius 2 is 1.89 bits per heavy atom. The number of anilines is 2. The molecule has 0 fully saturated rings. The van der Waals surface area contributed by atoms with E-state index < -0.39 is 4.92 Å². The fourth-order valence-electron chi connectivity index (χ4n) is 4.14. The maximum atomic E-state index is 12.0. The van der Waals surface area contributed by atoms with E-state index in [9.17, 15) is 10.1 Å². The van der Waals surface area contributed by atoms with Crippen LogP contribution in [0.25, 0.3) is 11.0 Å². The fraction of sp³-hybridized carbons (Fsp3) is 0.280. The number of aromatic nitrogens is 2. The van der Waals surface area contributed by atoms with E-state index in [0.29, 0.717) is 29.9 Å². The molecule has 4 rings (SSSR count). The molecule has 1 unspecified atom stereocenters. The SMILES string of the molecule is C=C(C)CC(c1ccc(OC)cc1)N(Cc1ccco1)c1cc(N(C)C)c([N+](=O)[O-])c2nonc12. The summed E-state index contributed by atoms with van der Waals surface area (Å²) >= 11 is 0. The molecule has 10 heteroatoms. The smallest absolute Gasteiger partial charge is 0.323 e. The zero-order valence-electron chi connectivity index (χ0n) is 20.1. The first-order valence-electron chi connectivity index (χ1n) is 11.0. The van der Waals surface area contributed by atoms with E-state index in [0.717, 1.165) is 22.6 Å². The molecular weight excluding hydrogens is 450 g/mol. The van der Waals surface area contributed by atoms with Gasteiger partial charge in [-0.05, 0) is 59.6 Å². The van der Waals surface area contributed by atoms with E-state index in [1.165, 1.54) is 0 Å². The molecule has 10 nitrogen and oxygen atoms in total. The second-order valence-electron chi connectivity index (χ2n) is 8.53. The molecule has 0 amide bonds. The lowest BCUT2D eigenvalue weighted by molar-refractivity contribution is -0.382. The average molecular weight is 478 g/mol. The van der Waals surface area contributed by atoms with Crippen molar-refractivity contribution in [1.29, 1.82) is 0 Å². The highest BCUT2D eigenvalue weighted by Gasteiger charge is 2.32. The molecule has 4 aromatic rings. The number of benzene rings is 2. The van der Waals surface area contributed by atoms with E-state index >= 15 is 0 Å². The zero-order chi connectivity index (χ0) is 25.1. The molecule has 0 radical (unpaired) electrons. The number of rotatable bonds is 10. The zero-order valence-corrected chi connectivity index (χ0v) is 20.1. The van der Waals surface area contributed by atoms with Crippen LogP contribution in [-0.2, 0) is 6.54 Å². The van der Waals surface area contributed by atoms with Gasteiger partial charge in [-0.15, -0.1) is 6.58 Å². The van der Waals surface area contributed by atoms with Crippen molar-refractivity contribution in [2.45, 2.75) is 25.9 Å². The summed E-state index contributed by atoms with van der Waals surface area (Å²) < 4.78 is 16.0. The molecule has 0 spiro atoms. The van der Waals surface area contributed by atoms with Gasteiger partial charge in [0.15, 0.2) is 5.52 Å². The average Bonchev–Trinajstić information content (AvgIpc) is 3.52. The third kappa shape index (κ3) is 4.81. The number of hydrogen-bond acceptors (Lipinski definition) is 9. The van der Waals surface area contributed by atoms with Gasteiger partial charge < -0.3 is 19.0 Å². The number of ether oxygens (including phenoxy) is 1. The maximum absolute atomic E-state index is 12.0. The van der Waals surface area contributed by atoms with Gasteiger partial charge in [-0.2, -0.15) is 0 Å². The lowest BCUT2D eigenvalue weighted by Gasteiger charge is -2.34. The summed E-state index contributed by atoms with van der Waals surface area (Å²) in [6.45, 7) is 6.49. The topological polar surface area (TPSA) is 111 Å². The van der Waals surface area contributed by atoms with Crippen molar-refractivity contribution in [3.05, 3.63) is 82.3 Å². The van der Waals surface area contributed by atoms with E-state index in [1.54, 1.807) is 38.4 Å². The highest BCUT2D eigenvalue weighted by Crippen LogP contribution is 2.43. The maximum Gasteiger partial charge on any atom is 0.323 e. The van der Waals surface area contributed by atoms with Crippen molar-refractivity contribution in [2.24, 2.45) is 0 Å². The largest absolute Gasteiger partial charge is 0.497 e. The summed E-state index contributed by atoms with van der Waals surface area (Å²) in [5, 5.41) is 19.9. The van der Waals surface area contributed by atoms with Crippen LogP contribution < -0.4 is 14.5 Å². The number of furan rings is 1. The number of hydrogen-bond donors (Lipinski definition) is 0. The number of methoxy groups -OCH3 is 1. The molecule has 0 N–H and O–H groups in total. The molecule has 0 aliphatic heterocycles. The van der Waals surface area contributed by atoms with Crippen molar-refractivity contribution >= 4 is 28.1 Å². The number of fused-ring (bicyclic) bond motifs is 1. The third-order valence-electron chi connectivity index (χ3n) is 5.77. The van der Waals surface area contributed by atoms with E-state index in [1.807, 2.05) is 43.3 Å². The van der Waals surface area contributed by atoms with Crippen molar-refractivity contribution in [3.63, 3.8) is 0 Å². The minimum absolute atomic E-state index is 0.0875. The first kappa shape index (κ1) is 23.8. The molecular formula is C25H27N5O5. The number of nitro groups is 1. The third-order valence-corrected chi connectivity index (χ3v) is 5.77. The Labute approximate surface area is 202 Å². The van der Waals surface area contributed by atoms with Gasteiger partial charge in [-0.25, -0.2) is 4.63 Å². The molecule has 182 valence electrons. The summed E-state index contributed by atoms with van der Waals surface area (Å²) in [5.74, 6) is 1.47. The Balaban J connectivity index is 1.96. The van der Waals surface area contributed by atoms with Gasteiger partial charge in [0.2, 0.25) is 5.52 Å². The molecule has 0 saturated heterocycles. The Kier molecular flexibility index (Phi) is 6.72. The lowest BCUT2D eigenvalue weighted by Crippen LogP contribution is -2.29. The predicted octanol–water partition coefficient (Wildman–Crippen LogP) is 5.51. The minimum Gasteiger partial charge on any atom is -0.497 e. The van der Waals surface area contributed by atoms with Gasteiger partial charge in [-0.1, -0.05) is 17.7 Å². The van der Waals surface area contributed by atoms with Crippen molar-refractivity contribution in [2.75, 3.05) is 31.0 Å².